The molecule has 0 saturated heterocycles. The first-order chi connectivity index (χ1) is 6.54. The SMILES string of the molecule is COc1c(F)cc(Br)cc1C[C@H](C)N. The topological polar surface area (TPSA) is 35.2 Å². The van der Waals surface area contributed by atoms with Gasteiger partial charge < -0.3 is 10.5 Å². The van der Waals surface area contributed by atoms with Gasteiger partial charge in [-0.3, -0.25) is 0 Å². The van der Waals surface area contributed by atoms with Gasteiger partial charge >= 0.3 is 0 Å². The average molecular weight is 262 g/mol. The minimum absolute atomic E-state index is 0.0161. The van der Waals surface area contributed by atoms with Crippen molar-refractivity contribution >= 4 is 15.9 Å². The first-order valence-electron chi connectivity index (χ1n) is 4.32. The number of hydrogen-bond donors (Lipinski definition) is 1. The number of benzene rings is 1. The molecule has 0 bridgehead atoms. The Bertz CT molecular complexity index is 328. The van der Waals surface area contributed by atoms with Crippen LogP contribution in [-0.4, -0.2) is 13.2 Å². The van der Waals surface area contributed by atoms with Crippen molar-refractivity contribution in [3.05, 3.63) is 28.0 Å². The van der Waals surface area contributed by atoms with Crippen LogP contribution in [0.2, 0.25) is 0 Å². The van der Waals surface area contributed by atoms with Crippen molar-refractivity contribution in [1.29, 1.82) is 0 Å². The summed E-state index contributed by atoms with van der Waals surface area (Å²) in [5.41, 5.74) is 6.44. The molecule has 1 rings (SSSR count). The highest BCUT2D eigenvalue weighted by atomic mass is 79.9. The predicted molar refractivity (Wildman–Crippen MR) is 58.0 cm³/mol. The zero-order chi connectivity index (χ0) is 10.7. The van der Waals surface area contributed by atoms with Gasteiger partial charge in [0.15, 0.2) is 11.6 Å². The van der Waals surface area contributed by atoms with Gasteiger partial charge in [-0.2, -0.15) is 0 Å². The second-order valence-corrected chi connectivity index (χ2v) is 4.18. The smallest absolute Gasteiger partial charge is 0.166 e. The van der Waals surface area contributed by atoms with E-state index in [9.17, 15) is 4.39 Å². The summed E-state index contributed by atoms with van der Waals surface area (Å²) >= 11 is 3.23. The van der Waals surface area contributed by atoms with Gasteiger partial charge in [-0.25, -0.2) is 4.39 Å². The van der Waals surface area contributed by atoms with Gasteiger partial charge in [-0.05, 0) is 31.0 Å². The molecule has 0 fully saturated rings. The summed E-state index contributed by atoms with van der Waals surface area (Å²) in [6, 6.07) is 3.19. The highest BCUT2D eigenvalue weighted by Gasteiger charge is 2.11. The van der Waals surface area contributed by atoms with E-state index in [2.05, 4.69) is 15.9 Å². The van der Waals surface area contributed by atoms with Crippen molar-refractivity contribution in [3.63, 3.8) is 0 Å². The summed E-state index contributed by atoms with van der Waals surface area (Å²) in [6.07, 6.45) is 0.597. The molecule has 0 aromatic heterocycles. The van der Waals surface area contributed by atoms with Gasteiger partial charge in [0.25, 0.3) is 0 Å². The Balaban J connectivity index is 3.11. The fourth-order valence-corrected chi connectivity index (χ4v) is 1.82. The lowest BCUT2D eigenvalue weighted by Gasteiger charge is -2.11. The van der Waals surface area contributed by atoms with E-state index in [0.29, 0.717) is 10.9 Å². The lowest BCUT2D eigenvalue weighted by atomic mass is 10.1. The van der Waals surface area contributed by atoms with Crippen LogP contribution in [0.1, 0.15) is 12.5 Å². The van der Waals surface area contributed by atoms with E-state index in [0.717, 1.165) is 5.56 Å². The largest absolute Gasteiger partial charge is 0.493 e. The molecule has 0 aliphatic rings. The highest BCUT2D eigenvalue weighted by Crippen LogP contribution is 2.27. The zero-order valence-corrected chi connectivity index (χ0v) is 9.77. The van der Waals surface area contributed by atoms with Crippen LogP contribution in [0.4, 0.5) is 4.39 Å². The molecular formula is C10H13BrFNO. The molecule has 0 spiro atoms. The lowest BCUT2D eigenvalue weighted by Crippen LogP contribution is -2.18. The molecule has 78 valence electrons. The first kappa shape index (κ1) is 11.5. The summed E-state index contributed by atoms with van der Waals surface area (Å²) in [5, 5.41) is 0. The maximum atomic E-state index is 13.4. The van der Waals surface area contributed by atoms with Crippen LogP contribution >= 0.6 is 15.9 Å². The molecule has 1 aromatic carbocycles. The number of ether oxygens (including phenoxy) is 1. The summed E-state index contributed by atoms with van der Waals surface area (Å²) in [4.78, 5) is 0. The summed E-state index contributed by atoms with van der Waals surface area (Å²) < 4.78 is 19.0. The van der Waals surface area contributed by atoms with Crippen molar-refractivity contribution in [2.24, 2.45) is 5.73 Å². The monoisotopic (exact) mass is 261 g/mol. The van der Waals surface area contributed by atoms with E-state index in [4.69, 9.17) is 10.5 Å². The third-order valence-electron chi connectivity index (χ3n) is 1.83. The molecule has 2 nitrogen and oxygen atoms in total. The standard InChI is InChI=1S/C10H13BrFNO/c1-6(13)3-7-4-8(11)5-9(12)10(7)14-2/h4-6H,3,13H2,1-2H3/t6-/m0/s1. The Morgan fingerprint density at radius 3 is 2.71 bits per heavy atom. The maximum absolute atomic E-state index is 13.4. The van der Waals surface area contributed by atoms with Gasteiger partial charge in [-0.15, -0.1) is 0 Å². The van der Waals surface area contributed by atoms with Gasteiger partial charge in [0.1, 0.15) is 0 Å². The Kier molecular flexibility index (Phi) is 3.89. The fraction of sp³-hybridized carbons (Fsp3) is 0.400. The molecule has 1 atom stereocenters. The van der Waals surface area contributed by atoms with Crippen LogP contribution < -0.4 is 10.5 Å². The Hall–Kier alpha value is -0.610. The van der Waals surface area contributed by atoms with Crippen molar-refractivity contribution in [1.82, 2.24) is 0 Å². The van der Waals surface area contributed by atoms with Gasteiger partial charge in [0.2, 0.25) is 0 Å². The average Bonchev–Trinajstić information content (AvgIpc) is 2.01. The van der Waals surface area contributed by atoms with Crippen molar-refractivity contribution < 1.29 is 9.13 Å². The second-order valence-electron chi connectivity index (χ2n) is 3.26. The van der Waals surface area contributed by atoms with Crippen molar-refractivity contribution in [3.8, 4) is 5.75 Å². The minimum Gasteiger partial charge on any atom is -0.493 e. The molecule has 0 aliphatic heterocycles. The van der Waals surface area contributed by atoms with Crippen LogP contribution in [0.25, 0.3) is 0 Å². The van der Waals surface area contributed by atoms with Crippen LogP contribution in [0.3, 0.4) is 0 Å². The summed E-state index contributed by atoms with van der Waals surface area (Å²) in [5.74, 6) is -0.0805. The highest BCUT2D eigenvalue weighted by molar-refractivity contribution is 9.10. The van der Waals surface area contributed by atoms with Crippen LogP contribution in [-0.2, 0) is 6.42 Å². The maximum Gasteiger partial charge on any atom is 0.166 e. The Labute approximate surface area is 91.4 Å². The van der Waals surface area contributed by atoms with E-state index in [-0.39, 0.29) is 17.6 Å². The fourth-order valence-electron chi connectivity index (χ4n) is 1.34. The molecule has 0 unspecified atom stereocenters. The number of rotatable bonds is 3. The van der Waals surface area contributed by atoms with E-state index in [1.807, 2.05) is 13.0 Å². The Morgan fingerprint density at radius 1 is 1.57 bits per heavy atom. The van der Waals surface area contributed by atoms with E-state index in [1.54, 1.807) is 0 Å². The normalized spacial score (nSPS) is 12.6. The number of halogens is 2. The Morgan fingerprint density at radius 2 is 2.21 bits per heavy atom. The molecule has 1 aromatic rings. The molecular weight excluding hydrogens is 249 g/mol. The molecule has 0 heterocycles. The number of hydrogen-bond acceptors (Lipinski definition) is 2. The molecule has 0 aliphatic carbocycles. The quantitative estimate of drug-likeness (QED) is 0.908. The molecule has 0 amide bonds. The molecule has 4 heteroatoms. The molecule has 0 radical (unpaired) electrons. The predicted octanol–water partition coefficient (Wildman–Crippen LogP) is 2.49. The van der Waals surface area contributed by atoms with Gasteiger partial charge in [0, 0.05) is 10.5 Å². The molecule has 14 heavy (non-hydrogen) atoms. The third kappa shape index (κ3) is 2.69. The lowest BCUT2D eigenvalue weighted by molar-refractivity contribution is 0.380. The minimum atomic E-state index is -0.363. The molecule has 0 saturated carbocycles. The van der Waals surface area contributed by atoms with E-state index < -0.39 is 0 Å². The van der Waals surface area contributed by atoms with Crippen LogP contribution in [0, 0.1) is 5.82 Å². The van der Waals surface area contributed by atoms with Crippen LogP contribution in [0.5, 0.6) is 5.75 Å². The van der Waals surface area contributed by atoms with Gasteiger partial charge in [-0.1, -0.05) is 15.9 Å². The van der Waals surface area contributed by atoms with E-state index >= 15 is 0 Å². The molecule has 2 N–H and O–H groups in total. The second kappa shape index (κ2) is 4.75. The van der Waals surface area contributed by atoms with Crippen molar-refractivity contribution in [2.45, 2.75) is 19.4 Å². The van der Waals surface area contributed by atoms with E-state index in [1.165, 1.54) is 13.2 Å². The zero-order valence-electron chi connectivity index (χ0n) is 8.18. The summed E-state index contributed by atoms with van der Waals surface area (Å²) in [6.45, 7) is 1.87. The number of nitrogens with two attached hydrogens (primary N) is 1. The number of methoxy groups -OCH3 is 1. The van der Waals surface area contributed by atoms with Gasteiger partial charge in [0.05, 0.1) is 7.11 Å². The van der Waals surface area contributed by atoms with Crippen molar-refractivity contribution in [2.75, 3.05) is 7.11 Å². The third-order valence-corrected chi connectivity index (χ3v) is 2.29. The summed E-state index contributed by atoms with van der Waals surface area (Å²) in [7, 11) is 1.46. The van der Waals surface area contributed by atoms with Crippen LogP contribution in [0.15, 0.2) is 16.6 Å². The first-order valence-corrected chi connectivity index (χ1v) is 5.11.